The summed E-state index contributed by atoms with van der Waals surface area (Å²) in [5, 5.41) is 6.90. The molecule has 1 aromatic carbocycles. The van der Waals surface area contributed by atoms with Crippen LogP contribution in [0, 0.1) is 0 Å². The van der Waals surface area contributed by atoms with E-state index in [1.807, 2.05) is 30.3 Å². The first-order chi connectivity index (χ1) is 11.3. The van der Waals surface area contributed by atoms with E-state index in [0.29, 0.717) is 32.8 Å². The number of hydrogen-bond donors (Lipinski definition) is 2. The topological polar surface area (TPSA) is 72.5 Å². The van der Waals surface area contributed by atoms with Crippen LogP contribution < -0.4 is 15.4 Å². The summed E-state index contributed by atoms with van der Waals surface area (Å²) >= 11 is 0. The molecule has 6 heteroatoms. The first kappa shape index (κ1) is 17.2. The lowest BCUT2D eigenvalue weighted by molar-refractivity contribution is -0.120. The summed E-state index contributed by atoms with van der Waals surface area (Å²) in [5.41, 5.74) is 0.862. The molecule has 124 valence electrons. The maximum Gasteiger partial charge on any atom is 0.233 e. The van der Waals surface area contributed by atoms with Crippen molar-refractivity contribution < 1.29 is 14.3 Å². The van der Waals surface area contributed by atoms with Crippen LogP contribution in [0.1, 0.15) is 6.42 Å². The highest BCUT2D eigenvalue weighted by atomic mass is 16.5. The van der Waals surface area contributed by atoms with Crippen molar-refractivity contribution in [1.82, 2.24) is 15.6 Å². The molecule has 23 heavy (non-hydrogen) atoms. The van der Waals surface area contributed by atoms with E-state index in [0.717, 1.165) is 23.1 Å². The predicted molar refractivity (Wildman–Crippen MR) is 89.6 cm³/mol. The third-order valence-corrected chi connectivity index (χ3v) is 3.27. The monoisotopic (exact) mass is 317 g/mol. The van der Waals surface area contributed by atoms with Gasteiger partial charge in [0, 0.05) is 31.8 Å². The van der Waals surface area contributed by atoms with Crippen molar-refractivity contribution in [3.63, 3.8) is 0 Å². The molecular formula is C17H23N3O3. The minimum atomic E-state index is -0.0204. The van der Waals surface area contributed by atoms with Gasteiger partial charge in [0.1, 0.15) is 11.3 Å². The molecule has 0 aliphatic rings. The number of amides is 1. The molecule has 2 rings (SSSR count). The Morgan fingerprint density at radius 3 is 2.91 bits per heavy atom. The zero-order valence-electron chi connectivity index (χ0n) is 13.4. The molecule has 0 saturated carbocycles. The molecule has 0 unspecified atom stereocenters. The van der Waals surface area contributed by atoms with E-state index in [9.17, 15) is 4.79 Å². The number of aromatic nitrogens is 1. The van der Waals surface area contributed by atoms with Gasteiger partial charge in [-0.1, -0.05) is 18.2 Å². The van der Waals surface area contributed by atoms with Gasteiger partial charge in [-0.2, -0.15) is 0 Å². The molecule has 0 saturated heterocycles. The van der Waals surface area contributed by atoms with Gasteiger partial charge >= 0.3 is 0 Å². The maximum absolute atomic E-state index is 11.5. The van der Waals surface area contributed by atoms with Crippen LogP contribution >= 0.6 is 0 Å². The lowest BCUT2D eigenvalue weighted by Crippen LogP contribution is -2.35. The highest BCUT2D eigenvalue weighted by molar-refractivity contribution is 5.84. The molecule has 1 amide bonds. The zero-order valence-corrected chi connectivity index (χ0v) is 13.4. The second kappa shape index (κ2) is 9.76. The molecule has 0 aliphatic heterocycles. The average Bonchev–Trinajstić information content (AvgIpc) is 2.58. The Bertz CT molecular complexity index is 614. The van der Waals surface area contributed by atoms with Crippen molar-refractivity contribution in [2.45, 2.75) is 6.42 Å². The summed E-state index contributed by atoms with van der Waals surface area (Å²) in [5.74, 6) is 0.753. The summed E-state index contributed by atoms with van der Waals surface area (Å²) in [6.07, 6.45) is 2.50. The lowest BCUT2D eigenvalue weighted by Gasteiger charge is -2.09. The number of hydrogen-bond acceptors (Lipinski definition) is 5. The van der Waals surface area contributed by atoms with Gasteiger partial charge in [-0.3, -0.25) is 9.78 Å². The van der Waals surface area contributed by atoms with Gasteiger partial charge in [0.05, 0.1) is 19.8 Å². The van der Waals surface area contributed by atoms with Crippen LogP contribution in [0.3, 0.4) is 0 Å². The molecule has 0 fully saturated rings. The molecule has 1 aromatic heterocycles. The number of methoxy groups -OCH3 is 1. The normalized spacial score (nSPS) is 10.7. The number of nitrogens with zero attached hydrogens (tertiary/aromatic N) is 1. The number of pyridine rings is 1. The van der Waals surface area contributed by atoms with E-state index < -0.39 is 0 Å². The van der Waals surface area contributed by atoms with Crippen LogP contribution in [0.4, 0.5) is 0 Å². The van der Waals surface area contributed by atoms with Crippen LogP contribution in [-0.4, -0.2) is 50.8 Å². The van der Waals surface area contributed by atoms with Gasteiger partial charge in [-0.15, -0.1) is 0 Å². The van der Waals surface area contributed by atoms with Crippen LogP contribution in [0.2, 0.25) is 0 Å². The Morgan fingerprint density at radius 2 is 2.04 bits per heavy atom. The Labute approximate surface area is 136 Å². The zero-order chi connectivity index (χ0) is 16.3. The summed E-state index contributed by atoms with van der Waals surface area (Å²) in [7, 11) is 1.63. The van der Waals surface area contributed by atoms with Crippen molar-refractivity contribution >= 4 is 16.8 Å². The number of ether oxygens (including phenoxy) is 2. The Balaban J connectivity index is 1.64. The number of carbonyl (C=O) groups is 1. The fourth-order valence-electron chi connectivity index (χ4n) is 2.11. The first-order valence-corrected chi connectivity index (χ1v) is 7.74. The molecule has 0 spiro atoms. The summed E-state index contributed by atoms with van der Waals surface area (Å²) in [6.45, 7) is 2.69. The fourth-order valence-corrected chi connectivity index (χ4v) is 2.11. The van der Waals surface area contributed by atoms with Crippen molar-refractivity contribution in [2.24, 2.45) is 0 Å². The Kier molecular flexibility index (Phi) is 7.29. The van der Waals surface area contributed by atoms with Crippen LogP contribution in [0.15, 0.2) is 36.5 Å². The lowest BCUT2D eigenvalue weighted by atomic mass is 10.2. The largest absolute Gasteiger partial charge is 0.491 e. The number of carbonyl (C=O) groups excluding carboxylic acids is 1. The van der Waals surface area contributed by atoms with Gasteiger partial charge in [-0.05, 0) is 18.6 Å². The molecule has 1 heterocycles. The van der Waals surface area contributed by atoms with E-state index in [1.165, 1.54) is 0 Å². The van der Waals surface area contributed by atoms with Gasteiger partial charge in [-0.25, -0.2) is 0 Å². The van der Waals surface area contributed by atoms with Crippen molar-refractivity contribution in [3.8, 4) is 5.75 Å². The van der Waals surface area contributed by atoms with Gasteiger partial charge in [0.25, 0.3) is 0 Å². The number of para-hydroxylation sites is 1. The van der Waals surface area contributed by atoms with Crippen LogP contribution in [-0.2, 0) is 9.53 Å². The van der Waals surface area contributed by atoms with E-state index >= 15 is 0 Å². The van der Waals surface area contributed by atoms with E-state index in [2.05, 4.69) is 15.6 Å². The third-order valence-electron chi connectivity index (χ3n) is 3.27. The molecule has 0 radical (unpaired) electrons. The molecule has 0 bridgehead atoms. The molecule has 6 nitrogen and oxygen atoms in total. The minimum Gasteiger partial charge on any atom is -0.491 e. The van der Waals surface area contributed by atoms with Crippen molar-refractivity contribution in [3.05, 3.63) is 36.5 Å². The molecule has 0 atom stereocenters. The van der Waals surface area contributed by atoms with Crippen molar-refractivity contribution in [1.29, 1.82) is 0 Å². The van der Waals surface area contributed by atoms with Gasteiger partial charge in [0.15, 0.2) is 0 Å². The van der Waals surface area contributed by atoms with Gasteiger partial charge < -0.3 is 20.1 Å². The molecule has 0 aliphatic carbocycles. The summed E-state index contributed by atoms with van der Waals surface area (Å²) in [4.78, 5) is 15.9. The average molecular weight is 317 g/mol. The quantitative estimate of drug-likeness (QED) is 0.647. The fraction of sp³-hybridized carbons (Fsp3) is 0.412. The molecule has 2 aromatic rings. The minimum absolute atomic E-state index is 0.0204. The number of benzene rings is 1. The predicted octanol–water partition coefficient (Wildman–Crippen LogP) is 1.36. The second-order valence-electron chi connectivity index (χ2n) is 5.05. The standard InChI is InChI=1S/C17H23N3O3/c1-22-12-10-18-13-16(21)19-9-4-11-23-15-7-2-5-14-6-3-8-20-17(14)15/h2-3,5-8,18H,4,9-13H2,1H3,(H,19,21). The molecule has 2 N–H and O–H groups in total. The van der Waals surface area contributed by atoms with Gasteiger partial charge in [0.2, 0.25) is 5.91 Å². The van der Waals surface area contributed by atoms with E-state index in [4.69, 9.17) is 9.47 Å². The third kappa shape index (κ3) is 5.84. The number of nitrogens with one attached hydrogen (secondary N) is 2. The SMILES string of the molecule is COCCNCC(=O)NCCCOc1cccc2cccnc12. The highest BCUT2D eigenvalue weighted by Crippen LogP contribution is 2.22. The van der Waals surface area contributed by atoms with Crippen LogP contribution in [0.25, 0.3) is 10.9 Å². The van der Waals surface area contributed by atoms with E-state index in [1.54, 1.807) is 13.3 Å². The number of fused-ring (bicyclic) bond motifs is 1. The highest BCUT2D eigenvalue weighted by Gasteiger charge is 2.03. The maximum atomic E-state index is 11.5. The Hall–Kier alpha value is -2.18. The molecular weight excluding hydrogens is 294 g/mol. The summed E-state index contributed by atoms with van der Waals surface area (Å²) in [6, 6.07) is 9.78. The van der Waals surface area contributed by atoms with Crippen molar-refractivity contribution in [2.75, 3.05) is 40.0 Å². The Morgan fingerprint density at radius 1 is 1.17 bits per heavy atom. The first-order valence-electron chi connectivity index (χ1n) is 7.74. The smallest absolute Gasteiger partial charge is 0.233 e. The number of rotatable bonds is 10. The second-order valence-corrected chi connectivity index (χ2v) is 5.05. The van der Waals surface area contributed by atoms with Crippen LogP contribution in [0.5, 0.6) is 5.75 Å². The van der Waals surface area contributed by atoms with E-state index in [-0.39, 0.29) is 5.91 Å². The summed E-state index contributed by atoms with van der Waals surface area (Å²) < 4.78 is 10.7.